The minimum Gasteiger partial charge on any atom is -0.489 e. The Labute approximate surface area is 76.7 Å². The van der Waals surface area contributed by atoms with Crippen molar-refractivity contribution in [1.29, 1.82) is 0 Å². The van der Waals surface area contributed by atoms with E-state index in [1.54, 1.807) is 6.07 Å². The summed E-state index contributed by atoms with van der Waals surface area (Å²) in [5, 5.41) is 3.27. The first-order valence-electron chi connectivity index (χ1n) is 4.27. The Hall–Kier alpha value is -1.25. The van der Waals surface area contributed by atoms with E-state index in [1.807, 2.05) is 13.8 Å². The van der Waals surface area contributed by atoms with Gasteiger partial charge in [0.05, 0.1) is 11.2 Å². The Kier molecular flexibility index (Phi) is 1.68. The predicted octanol–water partition coefficient (Wildman–Crippen LogP) is 2.41. The molecule has 0 unspecified atom stereocenters. The molecule has 0 aromatic heterocycles. The molecule has 0 spiro atoms. The van der Waals surface area contributed by atoms with Crippen molar-refractivity contribution in [1.82, 2.24) is 0 Å². The molecule has 1 aromatic rings. The highest BCUT2D eigenvalue weighted by molar-refractivity contribution is 5.59. The van der Waals surface area contributed by atoms with Crippen LogP contribution in [0.2, 0.25) is 0 Å². The third-order valence-electron chi connectivity index (χ3n) is 2.01. The topological polar surface area (TPSA) is 21.3 Å². The van der Waals surface area contributed by atoms with Crippen molar-refractivity contribution in [2.75, 3.05) is 11.9 Å². The fraction of sp³-hybridized carbons (Fsp3) is 0.400. The largest absolute Gasteiger partial charge is 0.489 e. The summed E-state index contributed by atoms with van der Waals surface area (Å²) in [7, 11) is 0. The third kappa shape index (κ3) is 1.59. The lowest BCUT2D eigenvalue weighted by molar-refractivity contribution is 0.241. The van der Waals surface area contributed by atoms with Gasteiger partial charge in [-0.1, -0.05) is 0 Å². The van der Waals surface area contributed by atoms with Crippen LogP contribution in [0.15, 0.2) is 18.2 Å². The maximum Gasteiger partial charge on any atom is 0.145 e. The van der Waals surface area contributed by atoms with Crippen LogP contribution in [0.1, 0.15) is 13.8 Å². The smallest absolute Gasteiger partial charge is 0.145 e. The van der Waals surface area contributed by atoms with Crippen LogP contribution in [0, 0.1) is 5.82 Å². The first kappa shape index (κ1) is 8.35. The Balaban J connectivity index is 2.37. The number of benzene rings is 1. The van der Waals surface area contributed by atoms with Gasteiger partial charge in [0.15, 0.2) is 0 Å². The molecule has 1 aromatic carbocycles. The van der Waals surface area contributed by atoms with E-state index in [9.17, 15) is 4.39 Å². The van der Waals surface area contributed by atoms with Crippen LogP contribution in [0.4, 0.5) is 10.1 Å². The van der Waals surface area contributed by atoms with Crippen molar-refractivity contribution < 1.29 is 9.13 Å². The molecule has 0 atom stereocenters. The van der Waals surface area contributed by atoms with E-state index in [-0.39, 0.29) is 11.4 Å². The van der Waals surface area contributed by atoms with Gasteiger partial charge in [0.1, 0.15) is 18.2 Å². The molecule has 0 amide bonds. The summed E-state index contributed by atoms with van der Waals surface area (Å²) < 4.78 is 18.2. The summed E-state index contributed by atoms with van der Waals surface area (Å²) in [5.74, 6) is 0.333. The molecule has 0 radical (unpaired) electrons. The summed E-state index contributed by atoms with van der Waals surface area (Å²) in [6.07, 6.45) is 0. The van der Waals surface area contributed by atoms with Crippen molar-refractivity contribution in [3.63, 3.8) is 0 Å². The van der Waals surface area contributed by atoms with Gasteiger partial charge in [-0.15, -0.1) is 0 Å². The molecular weight excluding hydrogens is 169 g/mol. The van der Waals surface area contributed by atoms with Gasteiger partial charge in [0.2, 0.25) is 0 Å². The molecule has 0 saturated heterocycles. The fourth-order valence-electron chi connectivity index (χ4n) is 1.38. The van der Waals surface area contributed by atoms with Gasteiger partial charge in [-0.25, -0.2) is 4.39 Å². The SMILES string of the molecule is CC1(C)COc2cc(F)ccc2N1. The van der Waals surface area contributed by atoms with Crippen LogP contribution in [0.25, 0.3) is 0 Å². The molecule has 2 nitrogen and oxygen atoms in total. The highest BCUT2D eigenvalue weighted by Gasteiger charge is 2.25. The number of ether oxygens (including phenoxy) is 1. The van der Waals surface area contributed by atoms with E-state index in [4.69, 9.17) is 4.74 Å². The number of fused-ring (bicyclic) bond motifs is 1. The number of anilines is 1. The van der Waals surface area contributed by atoms with Crippen LogP contribution in [-0.2, 0) is 0 Å². The van der Waals surface area contributed by atoms with Crippen molar-refractivity contribution in [2.45, 2.75) is 19.4 Å². The maximum absolute atomic E-state index is 12.8. The second kappa shape index (κ2) is 2.62. The quantitative estimate of drug-likeness (QED) is 0.663. The van der Waals surface area contributed by atoms with Crippen molar-refractivity contribution in [2.24, 2.45) is 0 Å². The van der Waals surface area contributed by atoms with Gasteiger partial charge in [-0.05, 0) is 26.0 Å². The Bertz CT molecular complexity index is 336. The molecule has 0 bridgehead atoms. The van der Waals surface area contributed by atoms with Gasteiger partial charge >= 0.3 is 0 Å². The molecule has 1 aliphatic heterocycles. The molecule has 0 aliphatic carbocycles. The molecule has 1 N–H and O–H groups in total. The van der Waals surface area contributed by atoms with Gasteiger partial charge in [-0.2, -0.15) is 0 Å². The normalized spacial score (nSPS) is 18.4. The van der Waals surface area contributed by atoms with Crippen LogP contribution in [0.3, 0.4) is 0 Å². The minimum atomic E-state index is -0.264. The zero-order chi connectivity index (χ0) is 9.47. The second-order valence-electron chi connectivity index (χ2n) is 3.94. The lowest BCUT2D eigenvalue weighted by atomic mass is 10.0. The van der Waals surface area contributed by atoms with Gasteiger partial charge < -0.3 is 10.1 Å². The standard InChI is InChI=1S/C10H12FNO/c1-10(2)6-13-9-5-7(11)3-4-8(9)12-10/h3-5,12H,6H2,1-2H3. The van der Waals surface area contributed by atoms with Crippen LogP contribution >= 0.6 is 0 Å². The van der Waals surface area contributed by atoms with Gasteiger partial charge in [0.25, 0.3) is 0 Å². The van der Waals surface area contributed by atoms with Gasteiger partial charge in [0, 0.05) is 6.07 Å². The van der Waals surface area contributed by atoms with E-state index < -0.39 is 0 Å². The molecular formula is C10H12FNO. The maximum atomic E-state index is 12.8. The molecule has 3 heteroatoms. The molecule has 0 fully saturated rings. The van der Waals surface area contributed by atoms with Crippen molar-refractivity contribution in [3.05, 3.63) is 24.0 Å². The highest BCUT2D eigenvalue weighted by atomic mass is 19.1. The van der Waals surface area contributed by atoms with Crippen LogP contribution in [-0.4, -0.2) is 12.1 Å². The zero-order valence-electron chi connectivity index (χ0n) is 7.73. The minimum absolute atomic E-state index is 0.0785. The van der Waals surface area contributed by atoms with Crippen molar-refractivity contribution in [3.8, 4) is 5.75 Å². The van der Waals surface area contributed by atoms with E-state index >= 15 is 0 Å². The molecule has 0 saturated carbocycles. The molecule has 70 valence electrons. The summed E-state index contributed by atoms with van der Waals surface area (Å²) in [6.45, 7) is 4.64. The molecule has 1 heterocycles. The lowest BCUT2D eigenvalue weighted by Crippen LogP contribution is -2.40. The first-order valence-corrected chi connectivity index (χ1v) is 4.27. The summed E-state index contributed by atoms with van der Waals surface area (Å²) >= 11 is 0. The molecule has 1 aliphatic rings. The summed E-state index contributed by atoms with van der Waals surface area (Å²) in [4.78, 5) is 0. The number of halogens is 1. The van der Waals surface area contributed by atoms with E-state index in [0.717, 1.165) is 5.69 Å². The monoisotopic (exact) mass is 181 g/mol. The fourth-order valence-corrected chi connectivity index (χ4v) is 1.38. The molecule has 2 rings (SSSR count). The summed E-state index contributed by atoms with van der Waals surface area (Å²) in [6, 6.07) is 4.53. The van der Waals surface area contributed by atoms with Crippen molar-refractivity contribution >= 4 is 5.69 Å². The number of nitrogens with one attached hydrogen (secondary N) is 1. The second-order valence-corrected chi connectivity index (χ2v) is 3.94. The van der Waals surface area contributed by atoms with E-state index in [0.29, 0.717) is 12.4 Å². The first-order chi connectivity index (χ1) is 6.07. The highest BCUT2D eigenvalue weighted by Crippen LogP contribution is 2.32. The number of rotatable bonds is 0. The number of hydrogen-bond donors (Lipinski definition) is 1. The van der Waals surface area contributed by atoms with Crippen LogP contribution < -0.4 is 10.1 Å². The third-order valence-corrected chi connectivity index (χ3v) is 2.01. The average molecular weight is 181 g/mol. The Morgan fingerprint density at radius 1 is 1.46 bits per heavy atom. The van der Waals surface area contributed by atoms with E-state index in [2.05, 4.69) is 5.32 Å². The Morgan fingerprint density at radius 3 is 3.00 bits per heavy atom. The van der Waals surface area contributed by atoms with Crippen LogP contribution in [0.5, 0.6) is 5.75 Å². The average Bonchev–Trinajstić information content (AvgIpc) is 2.05. The predicted molar refractivity (Wildman–Crippen MR) is 49.6 cm³/mol. The molecule has 13 heavy (non-hydrogen) atoms. The lowest BCUT2D eigenvalue weighted by Gasteiger charge is -2.33. The number of hydrogen-bond acceptors (Lipinski definition) is 2. The zero-order valence-corrected chi connectivity index (χ0v) is 7.73. The summed E-state index contributed by atoms with van der Waals surface area (Å²) in [5.41, 5.74) is 0.780. The van der Waals surface area contributed by atoms with E-state index in [1.165, 1.54) is 12.1 Å². The van der Waals surface area contributed by atoms with Gasteiger partial charge in [-0.3, -0.25) is 0 Å². The Morgan fingerprint density at radius 2 is 2.23 bits per heavy atom.